The molecule has 0 spiro atoms. The number of nitrogens with one attached hydrogen (secondary N) is 1. The molecule has 3 aromatic rings. The maximum atomic E-state index is 13.5. The van der Waals surface area contributed by atoms with E-state index in [-0.39, 0.29) is 17.7 Å². The minimum absolute atomic E-state index is 0.0724. The minimum atomic E-state index is -3.12. The molecule has 0 saturated heterocycles. The number of carbonyl (C=O) groups is 2. The summed E-state index contributed by atoms with van der Waals surface area (Å²) >= 11 is 0. The number of alkyl halides is 2. The first kappa shape index (κ1) is 20.1. The van der Waals surface area contributed by atoms with Crippen molar-refractivity contribution in [2.75, 3.05) is 5.32 Å². The van der Waals surface area contributed by atoms with Crippen LogP contribution in [0.4, 0.5) is 14.5 Å². The highest BCUT2D eigenvalue weighted by atomic mass is 19.3. The maximum absolute atomic E-state index is 13.5. The number of anilines is 1. The number of fused-ring (bicyclic) bond motifs is 1. The van der Waals surface area contributed by atoms with E-state index in [0.29, 0.717) is 5.69 Å². The van der Waals surface area contributed by atoms with Crippen molar-refractivity contribution in [1.82, 2.24) is 14.8 Å². The van der Waals surface area contributed by atoms with Crippen LogP contribution in [0.2, 0.25) is 0 Å². The fourth-order valence-electron chi connectivity index (χ4n) is 3.81. The van der Waals surface area contributed by atoms with Gasteiger partial charge in [0, 0.05) is 30.1 Å². The zero-order valence-electron chi connectivity index (χ0n) is 16.5. The number of pyridine rings is 1. The van der Waals surface area contributed by atoms with Gasteiger partial charge in [0.1, 0.15) is 17.7 Å². The van der Waals surface area contributed by atoms with Crippen molar-refractivity contribution < 1.29 is 18.4 Å². The molecule has 1 amide bonds. The van der Waals surface area contributed by atoms with E-state index in [1.807, 2.05) is 16.9 Å². The molecule has 30 heavy (non-hydrogen) atoms. The van der Waals surface area contributed by atoms with Gasteiger partial charge in [-0.25, -0.2) is 4.98 Å². The highest BCUT2D eigenvalue weighted by Crippen LogP contribution is 2.32. The molecule has 156 valence electrons. The first-order valence-corrected chi connectivity index (χ1v) is 9.94. The first-order valence-electron chi connectivity index (χ1n) is 9.94. The van der Waals surface area contributed by atoms with Crippen molar-refractivity contribution in [1.29, 1.82) is 0 Å². The molecule has 1 aliphatic carbocycles. The average molecular weight is 412 g/mol. The molecule has 0 bridgehead atoms. The number of nitrogens with zero attached hydrogens (tertiary/aromatic N) is 3. The standard InChI is InChI=1S/C22H22F2N4O2/c1-22(23,24)20-4-2-3-19(26-20)21(30)25-16-7-10-18-15(11-16)12-28(27-18)17-8-5-14(13-29)6-9-17/h2-4,7,10-14,17H,5-6,8-9H2,1H3,(H,25,30). The molecule has 0 aliphatic heterocycles. The maximum Gasteiger partial charge on any atom is 0.287 e. The molecule has 6 nitrogen and oxygen atoms in total. The van der Waals surface area contributed by atoms with Gasteiger partial charge in [0.05, 0.1) is 11.6 Å². The van der Waals surface area contributed by atoms with Gasteiger partial charge >= 0.3 is 0 Å². The Morgan fingerprint density at radius 2 is 1.97 bits per heavy atom. The smallest absolute Gasteiger partial charge is 0.287 e. The third kappa shape index (κ3) is 4.22. The summed E-state index contributed by atoms with van der Waals surface area (Å²) in [4.78, 5) is 27.2. The van der Waals surface area contributed by atoms with Gasteiger partial charge in [0.15, 0.2) is 0 Å². The summed E-state index contributed by atoms with van der Waals surface area (Å²) < 4.78 is 28.9. The lowest BCUT2D eigenvalue weighted by molar-refractivity contribution is -0.112. The lowest BCUT2D eigenvalue weighted by Crippen LogP contribution is -2.19. The van der Waals surface area contributed by atoms with Gasteiger partial charge < -0.3 is 10.1 Å². The van der Waals surface area contributed by atoms with Crippen molar-refractivity contribution in [3.8, 4) is 0 Å². The van der Waals surface area contributed by atoms with Gasteiger partial charge in [0.25, 0.3) is 11.8 Å². The second-order valence-corrected chi connectivity index (χ2v) is 7.84. The second-order valence-electron chi connectivity index (χ2n) is 7.84. The Bertz CT molecular complexity index is 1080. The Labute approximate surface area is 172 Å². The van der Waals surface area contributed by atoms with Gasteiger partial charge in [-0.2, -0.15) is 13.9 Å². The number of halogens is 2. The number of amides is 1. The van der Waals surface area contributed by atoms with Crippen LogP contribution in [0, 0.1) is 5.92 Å². The number of aldehydes is 1. The molecular weight excluding hydrogens is 390 g/mol. The number of rotatable bonds is 5. The molecule has 1 N–H and O–H groups in total. The first-order chi connectivity index (χ1) is 14.3. The molecule has 1 fully saturated rings. The van der Waals surface area contributed by atoms with E-state index in [1.165, 1.54) is 18.2 Å². The fraction of sp³-hybridized carbons (Fsp3) is 0.364. The van der Waals surface area contributed by atoms with Crippen LogP contribution in [-0.2, 0) is 10.7 Å². The molecule has 1 aromatic carbocycles. The number of hydrogen-bond acceptors (Lipinski definition) is 4. The third-order valence-corrected chi connectivity index (χ3v) is 5.52. The average Bonchev–Trinajstić information content (AvgIpc) is 3.16. The molecule has 1 aliphatic rings. The van der Waals surface area contributed by atoms with Crippen LogP contribution in [0.3, 0.4) is 0 Å². The summed E-state index contributed by atoms with van der Waals surface area (Å²) in [6, 6.07) is 9.57. The minimum Gasteiger partial charge on any atom is -0.321 e. The summed E-state index contributed by atoms with van der Waals surface area (Å²) in [5.41, 5.74) is 0.816. The number of benzene rings is 1. The number of carbonyl (C=O) groups excluding carboxylic acids is 2. The molecule has 0 radical (unpaired) electrons. The highest BCUT2D eigenvalue weighted by molar-refractivity contribution is 6.03. The van der Waals surface area contributed by atoms with Gasteiger partial charge in [-0.15, -0.1) is 0 Å². The summed E-state index contributed by atoms with van der Waals surface area (Å²) in [5, 5.41) is 8.20. The van der Waals surface area contributed by atoms with Gasteiger partial charge in [-0.3, -0.25) is 9.48 Å². The van der Waals surface area contributed by atoms with E-state index in [9.17, 15) is 18.4 Å². The SMILES string of the molecule is CC(F)(F)c1cccc(C(=O)Nc2ccc3nn(C4CCC(C=O)CC4)cc3c2)n1. The predicted molar refractivity (Wildman–Crippen MR) is 109 cm³/mol. The van der Waals surface area contributed by atoms with Gasteiger partial charge in [0.2, 0.25) is 0 Å². The summed E-state index contributed by atoms with van der Waals surface area (Å²) in [6.45, 7) is 0.744. The summed E-state index contributed by atoms with van der Waals surface area (Å²) in [7, 11) is 0. The summed E-state index contributed by atoms with van der Waals surface area (Å²) in [5.74, 6) is -3.53. The quantitative estimate of drug-likeness (QED) is 0.615. The molecule has 8 heteroatoms. The normalized spacial score (nSPS) is 19.6. The molecular formula is C22H22F2N4O2. The van der Waals surface area contributed by atoms with E-state index in [0.717, 1.165) is 49.8 Å². The van der Waals surface area contributed by atoms with Crippen LogP contribution in [0.15, 0.2) is 42.6 Å². The van der Waals surface area contributed by atoms with E-state index >= 15 is 0 Å². The largest absolute Gasteiger partial charge is 0.321 e. The lowest BCUT2D eigenvalue weighted by Gasteiger charge is -2.25. The van der Waals surface area contributed by atoms with Crippen molar-refractivity contribution >= 4 is 28.8 Å². The van der Waals surface area contributed by atoms with E-state index < -0.39 is 17.5 Å². The Morgan fingerprint density at radius 3 is 2.67 bits per heavy atom. The zero-order valence-corrected chi connectivity index (χ0v) is 16.5. The van der Waals surface area contributed by atoms with E-state index in [1.54, 1.807) is 12.1 Å². The van der Waals surface area contributed by atoms with Gasteiger partial charge in [-0.05, 0) is 56.0 Å². The third-order valence-electron chi connectivity index (χ3n) is 5.52. The Morgan fingerprint density at radius 1 is 1.20 bits per heavy atom. The monoisotopic (exact) mass is 412 g/mol. The molecule has 2 heterocycles. The molecule has 0 unspecified atom stereocenters. The topological polar surface area (TPSA) is 76.9 Å². The summed E-state index contributed by atoms with van der Waals surface area (Å²) in [6.07, 6.45) is 6.53. The zero-order chi connectivity index (χ0) is 21.3. The van der Waals surface area contributed by atoms with Crippen molar-refractivity contribution in [3.05, 3.63) is 54.0 Å². The van der Waals surface area contributed by atoms with Crippen LogP contribution in [-0.4, -0.2) is 27.0 Å². The Kier molecular flexibility index (Phi) is 5.32. The molecule has 0 atom stereocenters. The van der Waals surface area contributed by atoms with Crippen molar-refractivity contribution in [2.24, 2.45) is 5.92 Å². The Balaban J connectivity index is 1.50. The highest BCUT2D eigenvalue weighted by Gasteiger charge is 2.27. The van der Waals surface area contributed by atoms with Crippen LogP contribution in [0.1, 0.15) is 54.8 Å². The second kappa shape index (κ2) is 7.93. The van der Waals surface area contributed by atoms with Crippen LogP contribution >= 0.6 is 0 Å². The number of hydrogen-bond donors (Lipinski definition) is 1. The van der Waals surface area contributed by atoms with Gasteiger partial charge in [-0.1, -0.05) is 6.07 Å². The molecule has 1 saturated carbocycles. The van der Waals surface area contributed by atoms with Crippen molar-refractivity contribution in [2.45, 2.75) is 44.6 Å². The fourth-order valence-corrected chi connectivity index (χ4v) is 3.81. The van der Waals surface area contributed by atoms with Crippen LogP contribution < -0.4 is 5.32 Å². The number of aromatic nitrogens is 3. The van der Waals surface area contributed by atoms with Crippen LogP contribution in [0.5, 0.6) is 0 Å². The molecule has 4 rings (SSSR count). The van der Waals surface area contributed by atoms with Crippen LogP contribution in [0.25, 0.3) is 10.9 Å². The Hall–Kier alpha value is -3.16. The predicted octanol–water partition coefficient (Wildman–Crippen LogP) is 4.73. The molecule has 2 aromatic heterocycles. The van der Waals surface area contributed by atoms with Crippen molar-refractivity contribution in [3.63, 3.8) is 0 Å². The van der Waals surface area contributed by atoms with E-state index in [2.05, 4.69) is 15.4 Å². The van der Waals surface area contributed by atoms with E-state index in [4.69, 9.17) is 0 Å². The lowest BCUT2D eigenvalue weighted by atomic mass is 9.87.